The average Bonchev–Trinajstić information content (AvgIpc) is 1.85. The maximum Gasteiger partial charge on any atom is 0.00670 e. The van der Waals surface area contributed by atoms with Gasteiger partial charge in [-0.25, -0.2) is 0 Å². The van der Waals surface area contributed by atoms with E-state index >= 15 is 0 Å². The van der Waals surface area contributed by atoms with E-state index in [1.54, 1.807) is 0 Å². The summed E-state index contributed by atoms with van der Waals surface area (Å²) in [6.07, 6.45) is 1.39. The second-order valence-electron chi connectivity index (χ2n) is 3.13. The van der Waals surface area contributed by atoms with E-state index in [1.165, 1.54) is 13.0 Å². The molecule has 0 amide bonds. The van der Waals surface area contributed by atoms with Crippen molar-refractivity contribution >= 4 is 0 Å². The molecule has 48 valence electrons. The van der Waals surface area contributed by atoms with Crippen LogP contribution in [-0.2, 0) is 0 Å². The lowest BCUT2D eigenvalue weighted by Crippen LogP contribution is -2.21. The van der Waals surface area contributed by atoms with Crippen molar-refractivity contribution in [3.63, 3.8) is 0 Å². The first-order chi connectivity index (χ1) is 3.70. The van der Waals surface area contributed by atoms with Gasteiger partial charge in [0.05, 0.1) is 0 Å². The smallest absolute Gasteiger partial charge is 0.00670 e. The molecule has 1 saturated heterocycles. The van der Waals surface area contributed by atoms with Crippen molar-refractivity contribution in [2.24, 2.45) is 5.92 Å². The van der Waals surface area contributed by atoms with Crippen molar-refractivity contribution < 1.29 is 0 Å². The molecule has 0 radical (unpaired) electrons. The van der Waals surface area contributed by atoms with Crippen LogP contribution in [0.15, 0.2) is 0 Å². The van der Waals surface area contributed by atoms with E-state index in [4.69, 9.17) is 0 Å². The second-order valence-corrected chi connectivity index (χ2v) is 3.13. The van der Waals surface area contributed by atoms with Crippen LogP contribution in [0.25, 0.3) is 0 Å². The molecule has 0 aliphatic carbocycles. The topological polar surface area (TPSA) is 3.24 Å². The molecule has 1 heterocycles. The first-order valence-corrected chi connectivity index (χ1v) is 3.40. The molecule has 0 bridgehead atoms. The minimum atomic E-state index is 0.824. The predicted octanol–water partition coefficient (Wildman–Crippen LogP) is 1.35. The maximum atomic E-state index is 2.42. The van der Waals surface area contributed by atoms with Crippen molar-refractivity contribution in [2.45, 2.75) is 26.3 Å². The van der Waals surface area contributed by atoms with Gasteiger partial charge in [-0.1, -0.05) is 6.92 Å². The van der Waals surface area contributed by atoms with Gasteiger partial charge in [0.25, 0.3) is 0 Å². The molecular formula is C7H15N. The van der Waals surface area contributed by atoms with E-state index < -0.39 is 0 Å². The minimum Gasteiger partial charge on any atom is -0.303 e. The summed E-state index contributed by atoms with van der Waals surface area (Å²) in [5, 5.41) is 0. The lowest BCUT2D eigenvalue weighted by atomic mass is 10.1. The molecule has 0 aromatic rings. The Kier molecular flexibility index (Phi) is 1.57. The van der Waals surface area contributed by atoms with Crippen molar-refractivity contribution in [1.29, 1.82) is 0 Å². The molecule has 0 unspecified atom stereocenters. The Bertz CT molecular complexity index is 70.5. The highest BCUT2D eigenvalue weighted by molar-refractivity contribution is 4.76. The lowest BCUT2D eigenvalue weighted by molar-refractivity contribution is 0.327. The third-order valence-corrected chi connectivity index (χ3v) is 2.10. The molecular weight excluding hydrogens is 98.1 g/mol. The minimum absolute atomic E-state index is 0.824. The van der Waals surface area contributed by atoms with Crippen LogP contribution in [-0.4, -0.2) is 24.5 Å². The van der Waals surface area contributed by atoms with Crippen LogP contribution in [0, 0.1) is 5.92 Å². The summed E-state index contributed by atoms with van der Waals surface area (Å²) < 4.78 is 0. The highest BCUT2D eigenvalue weighted by atomic mass is 15.1. The lowest BCUT2D eigenvalue weighted by Gasteiger charge is -2.12. The van der Waals surface area contributed by atoms with E-state index in [9.17, 15) is 0 Å². The van der Waals surface area contributed by atoms with E-state index in [1.807, 2.05) is 0 Å². The maximum absolute atomic E-state index is 2.42. The Morgan fingerprint density at radius 3 is 2.12 bits per heavy atom. The number of rotatable bonds is 0. The number of hydrogen-bond donors (Lipinski definition) is 0. The zero-order valence-electron chi connectivity index (χ0n) is 6.02. The van der Waals surface area contributed by atoms with Crippen molar-refractivity contribution in [3.05, 3.63) is 0 Å². The van der Waals surface area contributed by atoms with Crippen LogP contribution in [0.3, 0.4) is 0 Å². The van der Waals surface area contributed by atoms with Gasteiger partial charge in [-0.3, -0.25) is 0 Å². The van der Waals surface area contributed by atoms with Gasteiger partial charge < -0.3 is 4.90 Å². The van der Waals surface area contributed by atoms with Crippen LogP contribution in [0.5, 0.6) is 0 Å². The molecule has 1 nitrogen and oxygen atoms in total. The highest BCUT2D eigenvalue weighted by Gasteiger charge is 2.21. The SMILES string of the molecule is C[C@@H]1C[C@H](C)N(C)C1. The van der Waals surface area contributed by atoms with E-state index in [0.29, 0.717) is 0 Å². The van der Waals surface area contributed by atoms with Gasteiger partial charge in [0.15, 0.2) is 0 Å². The summed E-state index contributed by atoms with van der Waals surface area (Å²) in [4.78, 5) is 2.42. The third-order valence-electron chi connectivity index (χ3n) is 2.10. The molecule has 0 N–H and O–H groups in total. The fourth-order valence-electron chi connectivity index (χ4n) is 1.51. The predicted molar refractivity (Wildman–Crippen MR) is 35.9 cm³/mol. The summed E-state index contributed by atoms with van der Waals surface area (Å²) in [5.41, 5.74) is 0. The standard InChI is InChI=1S/C7H15N/c1-6-4-7(2)8(3)5-6/h6-7H,4-5H2,1-3H3/t6-,7+/m1/s1. The number of likely N-dealkylation sites (tertiary alicyclic amines) is 1. The van der Waals surface area contributed by atoms with Gasteiger partial charge in [-0.2, -0.15) is 0 Å². The number of nitrogens with zero attached hydrogens (tertiary/aromatic N) is 1. The first kappa shape index (κ1) is 6.09. The van der Waals surface area contributed by atoms with Gasteiger partial charge in [0.1, 0.15) is 0 Å². The Morgan fingerprint density at radius 1 is 1.38 bits per heavy atom. The molecule has 1 heteroatoms. The Morgan fingerprint density at radius 2 is 2.00 bits per heavy atom. The summed E-state index contributed by atoms with van der Waals surface area (Å²) in [7, 11) is 2.20. The fraction of sp³-hybridized carbons (Fsp3) is 1.00. The van der Waals surface area contributed by atoms with Crippen molar-refractivity contribution in [3.8, 4) is 0 Å². The molecule has 1 aliphatic rings. The Hall–Kier alpha value is -0.0400. The largest absolute Gasteiger partial charge is 0.303 e. The zero-order valence-corrected chi connectivity index (χ0v) is 6.02. The number of hydrogen-bond acceptors (Lipinski definition) is 1. The van der Waals surface area contributed by atoms with Crippen molar-refractivity contribution in [2.75, 3.05) is 13.6 Å². The molecule has 0 aromatic heterocycles. The zero-order chi connectivity index (χ0) is 6.15. The first-order valence-electron chi connectivity index (χ1n) is 3.40. The molecule has 1 fully saturated rings. The molecule has 1 rings (SSSR count). The van der Waals surface area contributed by atoms with Gasteiger partial charge in [0, 0.05) is 12.6 Å². The van der Waals surface area contributed by atoms with E-state index in [-0.39, 0.29) is 0 Å². The summed E-state index contributed by atoms with van der Waals surface area (Å²) >= 11 is 0. The van der Waals surface area contributed by atoms with Crippen LogP contribution < -0.4 is 0 Å². The Balaban J connectivity index is 2.39. The fourth-order valence-corrected chi connectivity index (χ4v) is 1.51. The van der Waals surface area contributed by atoms with E-state index in [0.717, 1.165) is 12.0 Å². The van der Waals surface area contributed by atoms with Crippen LogP contribution >= 0.6 is 0 Å². The molecule has 0 saturated carbocycles. The van der Waals surface area contributed by atoms with Gasteiger partial charge in [-0.15, -0.1) is 0 Å². The van der Waals surface area contributed by atoms with Crippen LogP contribution in [0.4, 0.5) is 0 Å². The van der Waals surface area contributed by atoms with Gasteiger partial charge in [0.2, 0.25) is 0 Å². The Labute approximate surface area is 51.7 Å². The summed E-state index contributed by atoms with van der Waals surface area (Å²) in [5.74, 6) is 0.926. The average molecular weight is 113 g/mol. The normalized spacial score (nSPS) is 40.9. The molecule has 0 spiro atoms. The monoisotopic (exact) mass is 113 g/mol. The molecule has 0 aromatic carbocycles. The third kappa shape index (κ3) is 1.03. The van der Waals surface area contributed by atoms with Crippen molar-refractivity contribution in [1.82, 2.24) is 4.90 Å². The molecule has 2 atom stereocenters. The van der Waals surface area contributed by atoms with Gasteiger partial charge in [-0.05, 0) is 26.3 Å². The molecule has 1 aliphatic heterocycles. The summed E-state index contributed by atoms with van der Waals surface area (Å²) in [6, 6.07) is 0.824. The summed E-state index contributed by atoms with van der Waals surface area (Å²) in [6.45, 7) is 5.91. The quantitative estimate of drug-likeness (QED) is 0.458. The van der Waals surface area contributed by atoms with Crippen LogP contribution in [0.1, 0.15) is 20.3 Å². The highest BCUT2D eigenvalue weighted by Crippen LogP contribution is 2.19. The van der Waals surface area contributed by atoms with Gasteiger partial charge >= 0.3 is 0 Å². The second kappa shape index (κ2) is 2.06. The van der Waals surface area contributed by atoms with E-state index in [2.05, 4.69) is 25.8 Å². The molecule has 8 heavy (non-hydrogen) atoms. The van der Waals surface area contributed by atoms with Crippen LogP contribution in [0.2, 0.25) is 0 Å².